The van der Waals surface area contributed by atoms with Crippen LogP contribution >= 0.6 is 11.6 Å². The van der Waals surface area contributed by atoms with Gasteiger partial charge in [-0.25, -0.2) is 0 Å². The van der Waals surface area contributed by atoms with Crippen molar-refractivity contribution < 1.29 is 0 Å². The summed E-state index contributed by atoms with van der Waals surface area (Å²) >= 11 is 5.97. The van der Waals surface area contributed by atoms with Gasteiger partial charge in [-0.15, -0.1) is 0 Å². The first kappa shape index (κ1) is 17.3. The highest BCUT2D eigenvalue weighted by atomic mass is 35.5. The molecule has 23 heavy (non-hydrogen) atoms. The van der Waals surface area contributed by atoms with E-state index in [1.165, 1.54) is 76.2 Å². The quantitative estimate of drug-likeness (QED) is 0.530. The Hall–Kier alpha value is -0.490. The average molecular weight is 333 g/mol. The van der Waals surface area contributed by atoms with Crippen LogP contribution in [0.2, 0.25) is 5.02 Å². The molecule has 0 atom stereocenters. The minimum atomic E-state index is 0.854. The molecule has 128 valence electrons. The Bertz CT molecular complexity index is 447. The third-order valence-corrected chi connectivity index (χ3v) is 7.03. The predicted molar refractivity (Wildman–Crippen MR) is 101 cm³/mol. The van der Waals surface area contributed by atoms with Gasteiger partial charge in [0.2, 0.25) is 0 Å². The molecule has 1 heteroatoms. The second kappa shape index (κ2) is 8.56. The molecule has 0 aromatic heterocycles. The van der Waals surface area contributed by atoms with Crippen molar-refractivity contribution in [1.29, 1.82) is 0 Å². The van der Waals surface area contributed by atoms with E-state index >= 15 is 0 Å². The highest BCUT2D eigenvalue weighted by Crippen LogP contribution is 2.42. The lowest BCUT2D eigenvalue weighted by atomic mass is 9.68. The van der Waals surface area contributed by atoms with Gasteiger partial charge in [-0.2, -0.15) is 0 Å². The lowest BCUT2D eigenvalue weighted by Crippen LogP contribution is -2.25. The summed E-state index contributed by atoms with van der Waals surface area (Å²) in [5.74, 6) is 4.13. The van der Waals surface area contributed by atoms with Crippen molar-refractivity contribution >= 4 is 11.6 Å². The third kappa shape index (κ3) is 4.99. The zero-order valence-corrected chi connectivity index (χ0v) is 15.5. The summed E-state index contributed by atoms with van der Waals surface area (Å²) < 4.78 is 0. The maximum atomic E-state index is 5.97. The zero-order valence-electron chi connectivity index (χ0n) is 14.8. The van der Waals surface area contributed by atoms with E-state index < -0.39 is 0 Å². The normalized spacial score (nSPS) is 31.9. The number of benzene rings is 1. The molecule has 0 unspecified atom stereocenters. The summed E-state index contributed by atoms with van der Waals surface area (Å²) in [6, 6.07) is 8.45. The highest BCUT2D eigenvalue weighted by molar-refractivity contribution is 6.30. The predicted octanol–water partition coefficient (Wildman–Crippen LogP) is 7.30. The Labute approximate surface area is 148 Å². The van der Waals surface area contributed by atoms with Crippen LogP contribution in [0, 0.1) is 23.7 Å². The largest absolute Gasteiger partial charge is 0.0843 e. The van der Waals surface area contributed by atoms with Crippen LogP contribution in [-0.4, -0.2) is 0 Å². The smallest absolute Gasteiger partial charge is 0.0406 e. The first-order chi connectivity index (χ1) is 11.2. The van der Waals surface area contributed by atoms with E-state index in [0.717, 1.165) is 28.7 Å². The second-order valence-corrected chi connectivity index (χ2v) is 8.57. The summed E-state index contributed by atoms with van der Waals surface area (Å²) in [5, 5.41) is 0.854. The van der Waals surface area contributed by atoms with Crippen LogP contribution in [0.3, 0.4) is 0 Å². The van der Waals surface area contributed by atoms with Crippen LogP contribution in [-0.2, 0) is 6.42 Å². The molecule has 2 aliphatic carbocycles. The molecule has 0 spiro atoms. The summed E-state index contributed by atoms with van der Waals surface area (Å²) in [7, 11) is 0. The van der Waals surface area contributed by atoms with E-state index in [4.69, 9.17) is 11.6 Å². The van der Waals surface area contributed by atoms with E-state index in [9.17, 15) is 0 Å². The van der Waals surface area contributed by atoms with Crippen molar-refractivity contribution in [2.45, 2.75) is 77.6 Å². The molecular weight excluding hydrogens is 300 g/mol. The van der Waals surface area contributed by atoms with E-state index in [2.05, 4.69) is 19.1 Å². The molecule has 0 heterocycles. The number of halogens is 1. The molecule has 3 rings (SSSR count). The molecule has 1 aromatic rings. The maximum absolute atomic E-state index is 5.97. The topological polar surface area (TPSA) is 0 Å². The van der Waals surface area contributed by atoms with E-state index in [1.807, 2.05) is 12.1 Å². The van der Waals surface area contributed by atoms with E-state index in [0.29, 0.717) is 0 Å². The SMILES string of the molecule is CC[C@H]1CC[C@H]([C@H]2CC[C@H](CCc3ccc(Cl)cc3)CC2)CC1. The fraction of sp³-hybridized carbons (Fsp3) is 0.727. The molecule has 0 amide bonds. The highest BCUT2D eigenvalue weighted by Gasteiger charge is 2.30. The molecule has 0 radical (unpaired) electrons. The van der Waals surface area contributed by atoms with Gasteiger partial charge in [-0.05, 0) is 79.9 Å². The summed E-state index contributed by atoms with van der Waals surface area (Å²) in [6.07, 6.45) is 16.1. The molecule has 2 aliphatic rings. The minimum absolute atomic E-state index is 0.854. The van der Waals surface area contributed by atoms with Crippen LogP contribution in [0.25, 0.3) is 0 Å². The van der Waals surface area contributed by atoms with Crippen molar-refractivity contribution in [2.75, 3.05) is 0 Å². The Balaban J connectivity index is 1.38. The average Bonchev–Trinajstić information content (AvgIpc) is 2.62. The Morgan fingerprint density at radius 1 is 0.783 bits per heavy atom. The molecule has 1 aromatic carbocycles. The number of rotatable bonds is 5. The Kier molecular flexibility index (Phi) is 6.45. The van der Waals surface area contributed by atoms with Crippen LogP contribution in [0.15, 0.2) is 24.3 Å². The molecule has 2 fully saturated rings. The minimum Gasteiger partial charge on any atom is -0.0843 e. The summed E-state index contributed by atoms with van der Waals surface area (Å²) in [4.78, 5) is 0. The van der Waals surface area contributed by atoms with Crippen molar-refractivity contribution in [3.63, 3.8) is 0 Å². The van der Waals surface area contributed by atoms with Gasteiger partial charge in [-0.1, -0.05) is 62.8 Å². The summed E-state index contributed by atoms with van der Waals surface area (Å²) in [6.45, 7) is 2.37. The van der Waals surface area contributed by atoms with Gasteiger partial charge in [0.15, 0.2) is 0 Å². The van der Waals surface area contributed by atoms with Gasteiger partial charge in [0, 0.05) is 5.02 Å². The van der Waals surface area contributed by atoms with Crippen LogP contribution in [0.1, 0.15) is 76.7 Å². The fourth-order valence-electron chi connectivity index (χ4n) is 5.04. The zero-order chi connectivity index (χ0) is 16.1. The van der Waals surface area contributed by atoms with Gasteiger partial charge in [0.1, 0.15) is 0 Å². The lowest BCUT2D eigenvalue weighted by molar-refractivity contribution is 0.142. The molecule has 0 N–H and O–H groups in total. The van der Waals surface area contributed by atoms with Crippen molar-refractivity contribution in [1.82, 2.24) is 0 Å². The molecule has 2 saturated carbocycles. The van der Waals surface area contributed by atoms with Gasteiger partial charge < -0.3 is 0 Å². The first-order valence-electron chi connectivity index (χ1n) is 9.99. The van der Waals surface area contributed by atoms with Gasteiger partial charge in [-0.3, -0.25) is 0 Å². The number of hydrogen-bond acceptors (Lipinski definition) is 0. The number of aryl methyl sites for hydroxylation is 1. The molecular formula is C22H33Cl. The molecule has 0 aliphatic heterocycles. The molecule has 0 saturated heterocycles. The molecule has 0 nitrogen and oxygen atoms in total. The van der Waals surface area contributed by atoms with Crippen LogP contribution in [0.5, 0.6) is 0 Å². The second-order valence-electron chi connectivity index (χ2n) is 8.14. The van der Waals surface area contributed by atoms with Crippen molar-refractivity contribution in [3.05, 3.63) is 34.9 Å². The fourth-order valence-corrected chi connectivity index (χ4v) is 5.16. The van der Waals surface area contributed by atoms with Gasteiger partial charge in [0.05, 0.1) is 0 Å². The maximum Gasteiger partial charge on any atom is 0.0406 e. The van der Waals surface area contributed by atoms with Gasteiger partial charge in [0.25, 0.3) is 0 Å². The lowest BCUT2D eigenvalue weighted by Gasteiger charge is -2.37. The van der Waals surface area contributed by atoms with Gasteiger partial charge >= 0.3 is 0 Å². The Morgan fingerprint density at radius 3 is 1.83 bits per heavy atom. The number of hydrogen-bond donors (Lipinski definition) is 0. The van der Waals surface area contributed by atoms with E-state index in [-0.39, 0.29) is 0 Å². The standard InChI is InChI=1S/C22H33Cl/c1-2-17-5-11-20(12-6-17)21-13-7-18(8-14-21)3-4-19-9-15-22(23)16-10-19/h9-10,15-18,20-21H,2-8,11-14H2,1H3/t17-,18-,20-,21-. The molecule has 0 bridgehead atoms. The van der Waals surface area contributed by atoms with Crippen molar-refractivity contribution in [2.24, 2.45) is 23.7 Å². The monoisotopic (exact) mass is 332 g/mol. The van der Waals surface area contributed by atoms with Crippen LogP contribution in [0.4, 0.5) is 0 Å². The Morgan fingerprint density at radius 2 is 1.30 bits per heavy atom. The van der Waals surface area contributed by atoms with E-state index in [1.54, 1.807) is 0 Å². The van der Waals surface area contributed by atoms with Crippen molar-refractivity contribution in [3.8, 4) is 0 Å². The third-order valence-electron chi connectivity index (χ3n) is 6.78. The first-order valence-corrected chi connectivity index (χ1v) is 10.4. The summed E-state index contributed by atoms with van der Waals surface area (Å²) in [5.41, 5.74) is 1.45. The van der Waals surface area contributed by atoms with Crippen LogP contribution < -0.4 is 0 Å².